The Labute approximate surface area is 274 Å². The van der Waals surface area contributed by atoms with Gasteiger partial charge in [0.15, 0.2) is 0 Å². The molecule has 4 aromatic carbocycles. The van der Waals surface area contributed by atoms with Crippen molar-refractivity contribution in [3.63, 3.8) is 0 Å². The molecule has 4 rings (SSSR count). The highest BCUT2D eigenvalue weighted by Gasteiger charge is 2.28. The molecule has 2 nitrogen and oxygen atoms in total. The second-order valence-corrected chi connectivity index (χ2v) is 14.2. The van der Waals surface area contributed by atoms with Crippen LogP contribution in [0.1, 0.15) is 120 Å². The highest BCUT2D eigenvalue weighted by molar-refractivity contribution is 5.65. The topological polar surface area (TPSA) is 18.5 Å². The fraction of sp³-hybridized carbons (Fsp3) is 0.442. The maximum atomic E-state index is 6.59. The molecule has 0 spiro atoms. The quantitative estimate of drug-likeness (QED) is 0.160. The molecule has 0 amide bonds. The van der Waals surface area contributed by atoms with Crippen molar-refractivity contribution in [3.8, 4) is 28.4 Å². The Morgan fingerprint density at radius 2 is 0.889 bits per heavy atom. The van der Waals surface area contributed by atoms with Gasteiger partial charge in [-0.05, 0) is 128 Å². The maximum absolute atomic E-state index is 6.59. The van der Waals surface area contributed by atoms with Gasteiger partial charge in [0.1, 0.15) is 22.8 Å². The normalized spacial score (nSPS) is 12.4. The van der Waals surface area contributed by atoms with E-state index in [0.29, 0.717) is 0 Å². The van der Waals surface area contributed by atoms with Gasteiger partial charge in [-0.15, -0.1) is 0 Å². The Morgan fingerprint density at radius 1 is 0.489 bits per heavy atom. The zero-order valence-electron chi connectivity index (χ0n) is 30.1. The van der Waals surface area contributed by atoms with Crippen LogP contribution in [-0.4, -0.2) is 5.60 Å². The lowest BCUT2D eigenvalue weighted by molar-refractivity contribution is 0.0785. The van der Waals surface area contributed by atoms with Crippen molar-refractivity contribution in [2.75, 3.05) is 0 Å². The van der Waals surface area contributed by atoms with Crippen molar-refractivity contribution in [3.05, 3.63) is 112 Å². The van der Waals surface area contributed by atoms with E-state index >= 15 is 0 Å². The minimum atomic E-state index is -0.177. The van der Waals surface area contributed by atoms with Crippen LogP contribution in [0.5, 0.6) is 17.2 Å². The Hall–Kier alpha value is -3.52. The van der Waals surface area contributed by atoms with Crippen molar-refractivity contribution >= 4 is 0 Å². The second-order valence-electron chi connectivity index (χ2n) is 14.2. The molecule has 0 unspecified atom stereocenters. The highest BCUT2D eigenvalue weighted by Crippen LogP contribution is 2.41. The van der Waals surface area contributed by atoms with E-state index in [1.165, 1.54) is 38.9 Å². The summed E-state index contributed by atoms with van der Waals surface area (Å²) in [4.78, 5) is 0. The number of hydrogen-bond acceptors (Lipinski definition) is 2. The molecular weight excluding hydrogens is 548 g/mol. The van der Waals surface area contributed by atoms with Gasteiger partial charge in [0.25, 0.3) is 0 Å². The molecule has 0 saturated carbocycles. The molecule has 0 bridgehead atoms. The van der Waals surface area contributed by atoms with Crippen LogP contribution in [-0.2, 0) is 10.8 Å². The predicted octanol–water partition coefficient (Wildman–Crippen LogP) is 12.7. The Balaban J connectivity index is 1.55. The zero-order valence-corrected chi connectivity index (χ0v) is 30.1. The minimum absolute atomic E-state index is 0.145. The largest absolute Gasteiger partial charge is 0.487 e. The lowest BCUT2D eigenvalue weighted by Gasteiger charge is -2.32. The van der Waals surface area contributed by atoms with E-state index in [9.17, 15) is 0 Å². The lowest BCUT2D eigenvalue weighted by atomic mass is 9.76. The first-order valence-corrected chi connectivity index (χ1v) is 17.0. The summed E-state index contributed by atoms with van der Waals surface area (Å²) in [5.41, 5.74) is 11.0. The monoisotopic (exact) mass is 604 g/mol. The van der Waals surface area contributed by atoms with Gasteiger partial charge < -0.3 is 9.47 Å². The SMILES string of the molecule is CCC(C)(CC)Oc1c(C)cc(C(C)(C)c2cc(C)c(Oc3ccc(-c4ccc(C(C)(CC)CC)cc4)cc3)c(C)c2)cc1C. The summed E-state index contributed by atoms with van der Waals surface area (Å²) in [7, 11) is 0. The van der Waals surface area contributed by atoms with Crippen LogP contribution >= 0.6 is 0 Å². The average Bonchev–Trinajstić information content (AvgIpc) is 3.04. The molecule has 0 heterocycles. The van der Waals surface area contributed by atoms with Gasteiger partial charge in [0.2, 0.25) is 0 Å². The highest BCUT2D eigenvalue weighted by atomic mass is 16.5. The maximum Gasteiger partial charge on any atom is 0.133 e. The molecule has 0 radical (unpaired) electrons. The molecule has 240 valence electrons. The molecule has 0 N–H and O–H groups in total. The fourth-order valence-electron chi connectivity index (χ4n) is 6.31. The van der Waals surface area contributed by atoms with Crippen molar-refractivity contribution in [1.29, 1.82) is 0 Å². The summed E-state index contributed by atoms with van der Waals surface area (Å²) >= 11 is 0. The summed E-state index contributed by atoms with van der Waals surface area (Å²) in [6.07, 6.45) is 4.26. The van der Waals surface area contributed by atoms with E-state index in [1.54, 1.807) is 0 Å². The number of aryl methyl sites for hydroxylation is 4. The van der Waals surface area contributed by atoms with Crippen molar-refractivity contribution in [2.45, 2.75) is 125 Å². The number of rotatable bonds is 12. The van der Waals surface area contributed by atoms with E-state index in [1.807, 2.05) is 0 Å². The third kappa shape index (κ3) is 7.16. The molecule has 2 heteroatoms. The molecule has 0 aliphatic carbocycles. The van der Waals surface area contributed by atoms with E-state index in [2.05, 4.69) is 156 Å². The summed E-state index contributed by atoms with van der Waals surface area (Å²) < 4.78 is 13.1. The molecule has 0 aliphatic rings. The van der Waals surface area contributed by atoms with Crippen LogP contribution in [0.15, 0.2) is 72.8 Å². The second kappa shape index (κ2) is 13.5. The van der Waals surface area contributed by atoms with Gasteiger partial charge in [-0.1, -0.05) is 109 Å². The van der Waals surface area contributed by atoms with Gasteiger partial charge in [-0.2, -0.15) is 0 Å². The summed E-state index contributed by atoms with van der Waals surface area (Å²) in [6, 6.07) is 26.8. The van der Waals surface area contributed by atoms with Crippen LogP contribution < -0.4 is 9.47 Å². The van der Waals surface area contributed by atoms with Crippen LogP contribution in [0.3, 0.4) is 0 Å². The summed E-state index contributed by atoms with van der Waals surface area (Å²) in [5.74, 6) is 2.81. The first-order chi connectivity index (χ1) is 21.2. The third-order valence-corrected chi connectivity index (χ3v) is 10.8. The molecule has 0 fully saturated rings. The molecule has 45 heavy (non-hydrogen) atoms. The van der Waals surface area contributed by atoms with E-state index in [0.717, 1.165) is 54.1 Å². The van der Waals surface area contributed by atoms with Gasteiger partial charge in [0.05, 0.1) is 0 Å². The lowest BCUT2D eigenvalue weighted by Crippen LogP contribution is -2.31. The number of benzene rings is 4. The zero-order chi connectivity index (χ0) is 33.2. The molecule has 0 aliphatic heterocycles. The van der Waals surface area contributed by atoms with Crippen molar-refractivity contribution < 1.29 is 9.47 Å². The van der Waals surface area contributed by atoms with Crippen LogP contribution in [0.2, 0.25) is 0 Å². The molecule has 0 aromatic heterocycles. The smallest absolute Gasteiger partial charge is 0.133 e. The Bertz CT molecular complexity index is 1550. The average molecular weight is 605 g/mol. The third-order valence-electron chi connectivity index (χ3n) is 10.8. The molecule has 4 aromatic rings. The molecular formula is C43H56O2. The van der Waals surface area contributed by atoms with E-state index in [4.69, 9.17) is 9.47 Å². The number of ether oxygens (including phenoxy) is 2. The van der Waals surface area contributed by atoms with Gasteiger partial charge in [0, 0.05) is 5.41 Å². The summed E-state index contributed by atoms with van der Waals surface area (Å²) in [5, 5.41) is 0. The standard InChI is InChI=1S/C43H56O2/c1-13-42(11,14-2)35-21-17-33(18-22-35)34-19-23-38(24-20-34)44-39-29(5)25-36(26-30(39)6)41(9,10)37-27-31(7)40(32(8)28-37)45-43(12,15-3)16-4/h17-28H,13-16H2,1-12H3. The van der Waals surface area contributed by atoms with Gasteiger partial charge in [-0.25, -0.2) is 0 Å². The molecule has 0 atom stereocenters. The summed E-state index contributed by atoms with van der Waals surface area (Å²) in [6.45, 7) is 26.8. The first kappa shape index (κ1) is 34.4. The van der Waals surface area contributed by atoms with Crippen LogP contribution in [0, 0.1) is 27.7 Å². The van der Waals surface area contributed by atoms with Crippen molar-refractivity contribution in [2.24, 2.45) is 0 Å². The predicted molar refractivity (Wildman–Crippen MR) is 193 cm³/mol. The van der Waals surface area contributed by atoms with Gasteiger partial charge in [-0.3, -0.25) is 0 Å². The fourth-order valence-corrected chi connectivity index (χ4v) is 6.31. The Kier molecular flexibility index (Phi) is 10.3. The minimum Gasteiger partial charge on any atom is -0.487 e. The van der Waals surface area contributed by atoms with E-state index in [-0.39, 0.29) is 16.4 Å². The van der Waals surface area contributed by atoms with Crippen molar-refractivity contribution in [1.82, 2.24) is 0 Å². The van der Waals surface area contributed by atoms with Crippen LogP contribution in [0.25, 0.3) is 11.1 Å². The van der Waals surface area contributed by atoms with Crippen LogP contribution in [0.4, 0.5) is 0 Å². The first-order valence-electron chi connectivity index (χ1n) is 17.0. The molecule has 0 saturated heterocycles. The number of hydrogen-bond donors (Lipinski definition) is 0. The van der Waals surface area contributed by atoms with Gasteiger partial charge >= 0.3 is 0 Å². The van der Waals surface area contributed by atoms with E-state index < -0.39 is 0 Å². The Morgan fingerprint density at radius 3 is 1.29 bits per heavy atom.